The van der Waals surface area contributed by atoms with Crippen molar-refractivity contribution >= 4 is 5.78 Å². The number of likely N-dealkylation sites (tertiary alicyclic amines) is 1. The molecule has 1 fully saturated rings. The van der Waals surface area contributed by atoms with Gasteiger partial charge in [-0.15, -0.1) is 0 Å². The predicted octanol–water partition coefficient (Wildman–Crippen LogP) is 2.75. The van der Waals surface area contributed by atoms with E-state index in [9.17, 15) is 4.79 Å². The average Bonchev–Trinajstić information content (AvgIpc) is 2.89. The Morgan fingerprint density at radius 2 is 1.89 bits per heavy atom. The molecule has 3 heteroatoms. The molecule has 1 aromatic carbocycles. The van der Waals surface area contributed by atoms with Crippen molar-refractivity contribution in [3.63, 3.8) is 0 Å². The standard InChI is InChI=1S/C15H21NO2/c1-2-11-18-14-7-5-13(6-8-14)15(17)12-16-9-3-4-10-16/h5-8H,2-4,9-12H2,1H3. The molecule has 1 aliphatic heterocycles. The minimum atomic E-state index is 0.207. The van der Waals surface area contributed by atoms with E-state index >= 15 is 0 Å². The fourth-order valence-corrected chi connectivity index (χ4v) is 2.19. The van der Waals surface area contributed by atoms with Crippen LogP contribution in [0.5, 0.6) is 5.75 Å². The van der Waals surface area contributed by atoms with Gasteiger partial charge >= 0.3 is 0 Å². The van der Waals surface area contributed by atoms with Crippen LogP contribution in [0.1, 0.15) is 36.5 Å². The number of benzene rings is 1. The molecule has 0 spiro atoms. The highest BCUT2D eigenvalue weighted by molar-refractivity contribution is 5.97. The lowest BCUT2D eigenvalue weighted by molar-refractivity contribution is 0.0945. The summed E-state index contributed by atoms with van der Waals surface area (Å²) in [5.41, 5.74) is 0.783. The number of carbonyl (C=O) groups is 1. The Bertz CT molecular complexity index is 380. The summed E-state index contributed by atoms with van der Waals surface area (Å²) in [7, 11) is 0. The molecule has 0 atom stereocenters. The van der Waals surface area contributed by atoms with Crippen molar-refractivity contribution in [1.29, 1.82) is 0 Å². The van der Waals surface area contributed by atoms with Crippen LogP contribution in [-0.4, -0.2) is 36.9 Å². The highest BCUT2D eigenvalue weighted by Crippen LogP contribution is 2.14. The van der Waals surface area contributed by atoms with Gasteiger partial charge in [0.2, 0.25) is 0 Å². The molecule has 0 aromatic heterocycles. The predicted molar refractivity (Wildman–Crippen MR) is 72.2 cm³/mol. The topological polar surface area (TPSA) is 29.5 Å². The summed E-state index contributed by atoms with van der Waals surface area (Å²) in [6.07, 6.45) is 3.43. The maximum absolute atomic E-state index is 12.0. The molecular weight excluding hydrogens is 226 g/mol. The SMILES string of the molecule is CCCOc1ccc(C(=O)CN2CCCC2)cc1. The average molecular weight is 247 g/mol. The first-order chi connectivity index (χ1) is 8.79. The van der Waals surface area contributed by atoms with Crippen LogP contribution in [-0.2, 0) is 0 Å². The highest BCUT2D eigenvalue weighted by Gasteiger charge is 2.16. The zero-order chi connectivity index (χ0) is 12.8. The number of nitrogens with zero attached hydrogens (tertiary/aromatic N) is 1. The second-order valence-corrected chi connectivity index (χ2v) is 4.78. The van der Waals surface area contributed by atoms with Gasteiger partial charge in [0, 0.05) is 5.56 Å². The lowest BCUT2D eigenvalue weighted by Crippen LogP contribution is -2.26. The molecule has 18 heavy (non-hydrogen) atoms. The third kappa shape index (κ3) is 3.57. The van der Waals surface area contributed by atoms with Crippen LogP contribution < -0.4 is 4.74 Å². The van der Waals surface area contributed by atoms with Crippen LogP contribution in [0.2, 0.25) is 0 Å². The Labute approximate surface area is 109 Å². The van der Waals surface area contributed by atoms with E-state index in [1.165, 1.54) is 12.8 Å². The van der Waals surface area contributed by atoms with Gasteiger partial charge in [0.1, 0.15) is 5.75 Å². The van der Waals surface area contributed by atoms with Gasteiger partial charge in [-0.2, -0.15) is 0 Å². The van der Waals surface area contributed by atoms with Crippen LogP contribution in [0.25, 0.3) is 0 Å². The fraction of sp³-hybridized carbons (Fsp3) is 0.533. The molecule has 0 radical (unpaired) electrons. The van der Waals surface area contributed by atoms with E-state index in [0.29, 0.717) is 6.54 Å². The first-order valence-electron chi connectivity index (χ1n) is 6.78. The monoisotopic (exact) mass is 247 g/mol. The fourth-order valence-electron chi connectivity index (χ4n) is 2.19. The van der Waals surface area contributed by atoms with E-state index in [0.717, 1.165) is 37.4 Å². The van der Waals surface area contributed by atoms with Gasteiger partial charge in [-0.1, -0.05) is 6.92 Å². The van der Waals surface area contributed by atoms with E-state index in [4.69, 9.17) is 4.74 Å². The number of hydrogen-bond donors (Lipinski definition) is 0. The van der Waals surface area contributed by atoms with Crippen molar-refractivity contribution in [2.24, 2.45) is 0 Å². The van der Waals surface area contributed by atoms with Gasteiger partial charge in [0.05, 0.1) is 13.2 Å². The molecule has 0 aliphatic carbocycles. The molecule has 1 aromatic rings. The maximum Gasteiger partial charge on any atom is 0.176 e. The first-order valence-corrected chi connectivity index (χ1v) is 6.78. The molecule has 0 saturated carbocycles. The van der Waals surface area contributed by atoms with Crippen molar-refractivity contribution in [1.82, 2.24) is 4.90 Å². The van der Waals surface area contributed by atoms with Gasteiger partial charge in [-0.25, -0.2) is 0 Å². The Hall–Kier alpha value is -1.35. The van der Waals surface area contributed by atoms with Crippen LogP contribution in [0.4, 0.5) is 0 Å². The summed E-state index contributed by atoms with van der Waals surface area (Å²) in [6, 6.07) is 7.49. The van der Waals surface area contributed by atoms with Crippen molar-refractivity contribution in [3.8, 4) is 5.75 Å². The number of ketones is 1. The van der Waals surface area contributed by atoms with Gasteiger partial charge in [0.15, 0.2) is 5.78 Å². The van der Waals surface area contributed by atoms with Crippen molar-refractivity contribution in [2.75, 3.05) is 26.2 Å². The molecule has 1 saturated heterocycles. The summed E-state index contributed by atoms with van der Waals surface area (Å²) in [6.45, 7) is 5.47. The molecule has 1 heterocycles. The van der Waals surface area contributed by atoms with Gasteiger partial charge in [0.25, 0.3) is 0 Å². The second kappa shape index (κ2) is 6.55. The molecular formula is C15H21NO2. The highest BCUT2D eigenvalue weighted by atomic mass is 16.5. The molecule has 0 N–H and O–H groups in total. The van der Waals surface area contributed by atoms with Gasteiger partial charge in [-0.05, 0) is 56.6 Å². The molecule has 0 bridgehead atoms. The Kier molecular flexibility index (Phi) is 4.76. The third-order valence-corrected chi connectivity index (χ3v) is 3.22. The Morgan fingerprint density at radius 1 is 1.22 bits per heavy atom. The van der Waals surface area contributed by atoms with Crippen molar-refractivity contribution in [3.05, 3.63) is 29.8 Å². The van der Waals surface area contributed by atoms with Crippen molar-refractivity contribution < 1.29 is 9.53 Å². The zero-order valence-corrected chi connectivity index (χ0v) is 11.0. The van der Waals surface area contributed by atoms with E-state index in [-0.39, 0.29) is 5.78 Å². The van der Waals surface area contributed by atoms with Crippen LogP contribution in [0, 0.1) is 0 Å². The third-order valence-electron chi connectivity index (χ3n) is 3.22. The number of rotatable bonds is 6. The van der Waals surface area contributed by atoms with E-state index in [2.05, 4.69) is 11.8 Å². The van der Waals surface area contributed by atoms with Crippen LogP contribution in [0.15, 0.2) is 24.3 Å². The number of Topliss-reactive ketones (excluding diaryl/α,β-unsaturated/α-hetero) is 1. The quantitative estimate of drug-likeness (QED) is 0.724. The number of carbonyl (C=O) groups excluding carboxylic acids is 1. The summed E-state index contributed by atoms with van der Waals surface area (Å²) in [5, 5.41) is 0. The van der Waals surface area contributed by atoms with Crippen molar-refractivity contribution in [2.45, 2.75) is 26.2 Å². The van der Waals surface area contributed by atoms with Gasteiger partial charge in [-0.3, -0.25) is 9.69 Å². The first kappa shape index (κ1) is 13.1. The normalized spacial score (nSPS) is 15.8. The van der Waals surface area contributed by atoms with E-state index < -0.39 is 0 Å². The zero-order valence-electron chi connectivity index (χ0n) is 11.0. The Morgan fingerprint density at radius 3 is 2.50 bits per heavy atom. The smallest absolute Gasteiger partial charge is 0.176 e. The lowest BCUT2D eigenvalue weighted by Gasteiger charge is -2.13. The molecule has 0 unspecified atom stereocenters. The van der Waals surface area contributed by atoms with Gasteiger partial charge < -0.3 is 4.74 Å². The van der Waals surface area contributed by atoms with E-state index in [1.807, 2.05) is 24.3 Å². The maximum atomic E-state index is 12.0. The summed E-state index contributed by atoms with van der Waals surface area (Å²) in [5.74, 6) is 1.05. The minimum Gasteiger partial charge on any atom is -0.494 e. The number of ether oxygens (including phenoxy) is 1. The molecule has 2 rings (SSSR count). The lowest BCUT2D eigenvalue weighted by atomic mass is 10.1. The summed E-state index contributed by atoms with van der Waals surface area (Å²) >= 11 is 0. The second-order valence-electron chi connectivity index (χ2n) is 4.78. The Balaban J connectivity index is 1.89. The van der Waals surface area contributed by atoms with Crippen LogP contribution >= 0.6 is 0 Å². The molecule has 3 nitrogen and oxygen atoms in total. The van der Waals surface area contributed by atoms with Crippen LogP contribution in [0.3, 0.4) is 0 Å². The summed E-state index contributed by atoms with van der Waals surface area (Å²) in [4.78, 5) is 14.3. The molecule has 98 valence electrons. The molecule has 1 aliphatic rings. The molecule has 0 amide bonds. The summed E-state index contributed by atoms with van der Waals surface area (Å²) < 4.78 is 5.50. The van der Waals surface area contributed by atoms with E-state index in [1.54, 1.807) is 0 Å². The number of hydrogen-bond acceptors (Lipinski definition) is 3. The largest absolute Gasteiger partial charge is 0.494 e. The minimum absolute atomic E-state index is 0.207.